The van der Waals surface area contributed by atoms with Crippen molar-refractivity contribution in [3.8, 4) is 0 Å². The molecule has 10 nitrogen and oxygen atoms in total. The number of allylic oxidation sites excluding steroid dienone is 4. The van der Waals surface area contributed by atoms with E-state index >= 15 is 0 Å². The van der Waals surface area contributed by atoms with Crippen LogP contribution in [-0.2, 0) is 33.8 Å². The minimum atomic E-state index is -3.75. The second-order valence-corrected chi connectivity index (χ2v) is 9.89. The summed E-state index contributed by atoms with van der Waals surface area (Å²) in [5.41, 5.74) is 0. The van der Waals surface area contributed by atoms with E-state index in [4.69, 9.17) is 16.3 Å². The number of amides is 3. The fourth-order valence-corrected chi connectivity index (χ4v) is 3.34. The maximum atomic E-state index is 12.8. The van der Waals surface area contributed by atoms with Crippen LogP contribution in [0.25, 0.3) is 0 Å². The fourth-order valence-electron chi connectivity index (χ4n) is 2.78. The Balaban J connectivity index is 2.89. The van der Waals surface area contributed by atoms with Crippen LogP contribution in [0.3, 0.4) is 0 Å². The van der Waals surface area contributed by atoms with Gasteiger partial charge in [0.1, 0.15) is 10.4 Å². The molecular formula is C22H30ClN3O7S. The van der Waals surface area contributed by atoms with Crippen molar-refractivity contribution in [3.05, 3.63) is 46.9 Å². The van der Waals surface area contributed by atoms with E-state index in [0.717, 1.165) is 12.3 Å². The Morgan fingerprint density at radius 3 is 2.18 bits per heavy atom. The summed E-state index contributed by atoms with van der Waals surface area (Å²) >= 11 is 5.77. The molecule has 3 amide bonds. The van der Waals surface area contributed by atoms with Crippen molar-refractivity contribution in [2.24, 2.45) is 5.92 Å². The molecule has 3 N–H and O–H groups in total. The molecule has 2 atom stereocenters. The van der Waals surface area contributed by atoms with Crippen LogP contribution in [0.4, 0.5) is 0 Å². The van der Waals surface area contributed by atoms with Crippen LogP contribution in [0.2, 0.25) is 0 Å². The highest BCUT2D eigenvalue weighted by atomic mass is 35.5. The number of ether oxygens (including phenoxy) is 1. The van der Waals surface area contributed by atoms with Crippen molar-refractivity contribution in [3.63, 3.8) is 0 Å². The van der Waals surface area contributed by atoms with Crippen molar-refractivity contribution in [1.29, 1.82) is 0 Å². The molecular weight excluding hydrogens is 486 g/mol. The maximum Gasteiger partial charge on any atom is 0.308 e. The van der Waals surface area contributed by atoms with Gasteiger partial charge in [0.05, 0.1) is 25.6 Å². The first-order valence-electron chi connectivity index (χ1n) is 10.6. The van der Waals surface area contributed by atoms with E-state index < -0.39 is 56.5 Å². The summed E-state index contributed by atoms with van der Waals surface area (Å²) in [5, 5.41) is 7.54. The van der Waals surface area contributed by atoms with Gasteiger partial charge in [-0.3, -0.25) is 19.2 Å². The number of sulfone groups is 1. The summed E-state index contributed by atoms with van der Waals surface area (Å²) < 4.78 is 27.5. The molecule has 0 saturated carbocycles. The summed E-state index contributed by atoms with van der Waals surface area (Å²) in [4.78, 5) is 49.0. The third-order valence-corrected chi connectivity index (χ3v) is 6.26. The first-order chi connectivity index (χ1) is 16.0. The molecule has 0 aliphatic heterocycles. The van der Waals surface area contributed by atoms with Crippen LogP contribution in [0.1, 0.15) is 26.7 Å². The largest absolute Gasteiger partial charge is 0.466 e. The number of halogens is 1. The summed E-state index contributed by atoms with van der Waals surface area (Å²) in [7, 11) is -3.75. The van der Waals surface area contributed by atoms with Crippen molar-refractivity contribution >= 4 is 45.1 Å². The lowest BCUT2D eigenvalue weighted by molar-refractivity contribution is -0.143. The highest BCUT2D eigenvalue weighted by Crippen LogP contribution is 2.13. The number of hydrogen-bond acceptors (Lipinski definition) is 7. The van der Waals surface area contributed by atoms with Gasteiger partial charge in [0.2, 0.25) is 17.7 Å². The summed E-state index contributed by atoms with van der Waals surface area (Å²) in [5.74, 6) is -2.75. The molecule has 0 saturated heterocycles. The first-order valence-corrected chi connectivity index (χ1v) is 12.9. The van der Waals surface area contributed by atoms with Crippen molar-refractivity contribution in [2.75, 3.05) is 19.4 Å². The van der Waals surface area contributed by atoms with Crippen LogP contribution in [-0.4, -0.2) is 63.6 Å². The topological polar surface area (TPSA) is 148 Å². The van der Waals surface area contributed by atoms with Crippen molar-refractivity contribution in [2.45, 2.75) is 38.8 Å². The second-order valence-electron chi connectivity index (χ2n) is 7.27. The highest BCUT2D eigenvalue weighted by molar-refractivity contribution is 7.96. The van der Waals surface area contributed by atoms with Gasteiger partial charge in [-0.15, -0.1) is 0 Å². The SMILES string of the molecule is CCOC(=O)CC(C=C(Cl)S(C)(=O)=O)NC(=O)CNC(=O)C(NC(=O)CC)C1C=CC=CC=C1. The van der Waals surface area contributed by atoms with Crippen LogP contribution in [0, 0.1) is 5.92 Å². The Morgan fingerprint density at radius 2 is 1.65 bits per heavy atom. The average Bonchev–Trinajstić information content (AvgIpc) is 3.04. The Hall–Kier alpha value is -2.92. The zero-order valence-electron chi connectivity index (χ0n) is 19.2. The molecule has 0 spiro atoms. The van der Waals surface area contributed by atoms with Crippen LogP contribution < -0.4 is 16.0 Å². The minimum absolute atomic E-state index is 0.101. The lowest BCUT2D eigenvalue weighted by atomic mass is 9.97. The smallest absolute Gasteiger partial charge is 0.308 e. The van der Waals surface area contributed by atoms with Gasteiger partial charge in [-0.05, 0) is 13.0 Å². The van der Waals surface area contributed by atoms with E-state index in [1.54, 1.807) is 50.3 Å². The number of hydrogen-bond donors (Lipinski definition) is 3. The van der Waals surface area contributed by atoms with Crippen LogP contribution in [0.15, 0.2) is 46.9 Å². The summed E-state index contributed by atoms with van der Waals surface area (Å²) in [6, 6.07) is -2.04. The molecule has 0 bridgehead atoms. The molecule has 1 aliphatic carbocycles. The van der Waals surface area contributed by atoms with E-state index in [-0.39, 0.29) is 25.4 Å². The van der Waals surface area contributed by atoms with Gasteiger partial charge in [-0.1, -0.05) is 55.0 Å². The Bertz CT molecular complexity index is 970. The first kappa shape index (κ1) is 29.1. The van der Waals surface area contributed by atoms with Gasteiger partial charge in [0.15, 0.2) is 9.84 Å². The van der Waals surface area contributed by atoms with Crippen LogP contribution >= 0.6 is 11.6 Å². The van der Waals surface area contributed by atoms with Gasteiger partial charge < -0.3 is 20.7 Å². The van der Waals surface area contributed by atoms with Gasteiger partial charge in [0, 0.05) is 18.6 Å². The van der Waals surface area contributed by atoms with E-state index in [0.29, 0.717) is 0 Å². The van der Waals surface area contributed by atoms with E-state index in [2.05, 4.69) is 16.0 Å². The molecule has 0 aromatic heterocycles. The monoisotopic (exact) mass is 515 g/mol. The normalized spacial score (nSPS) is 15.7. The molecule has 0 heterocycles. The third kappa shape index (κ3) is 10.8. The molecule has 188 valence electrons. The number of carbonyl (C=O) groups excluding carboxylic acids is 4. The molecule has 0 fully saturated rings. The zero-order chi connectivity index (χ0) is 25.7. The van der Waals surface area contributed by atoms with E-state index in [1.165, 1.54) is 0 Å². The van der Waals surface area contributed by atoms with Gasteiger partial charge in [-0.2, -0.15) is 0 Å². The summed E-state index contributed by atoms with van der Waals surface area (Å²) in [6.45, 7) is 2.86. The van der Waals surface area contributed by atoms with Crippen molar-refractivity contribution in [1.82, 2.24) is 16.0 Å². The Labute approximate surface area is 204 Å². The minimum Gasteiger partial charge on any atom is -0.466 e. The number of esters is 1. The van der Waals surface area contributed by atoms with E-state index in [9.17, 15) is 27.6 Å². The van der Waals surface area contributed by atoms with Gasteiger partial charge in [-0.25, -0.2) is 8.42 Å². The average molecular weight is 516 g/mol. The Morgan fingerprint density at radius 1 is 1.03 bits per heavy atom. The molecule has 0 aromatic carbocycles. The molecule has 34 heavy (non-hydrogen) atoms. The second kappa shape index (κ2) is 14.4. The fraction of sp³-hybridized carbons (Fsp3) is 0.455. The van der Waals surface area contributed by atoms with Gasteiger partial charge in [0.25, 0.3) is 0 Å². The predicted octanol–water partition coefficient (Wildman–Crippen LogP) is 0.859. The van der Waals surface area contributed by atoms with Crippen molar-refractivity contribution < 1.29 is 32.3 Å². The molecule has 0 radical (unpaired) electrons. The molecule has 12 heteroatoms. The zero-order valence-corrected chi connectivity index (χ0v) is 20.8. The maximum absolute atomic E-state index is 12.8. The number of carbonyl (C=O) groups is 4. The third-order valence-electron chi connectivity index (χ3n) is 4.45. The lowest BCUT2D eigenvalue weighted by Gasteiger charge is -2.23. The molecule has 2 unspecified atom stereocenters. The molecule has 0 aromatic rings. The molecule has 1 aliphatic rings. The summed E-state index contributed by atoms with van der Waals surface area (Å²) in [6.07, 6.45) is 12.2. The van der Waals surface area contributed by atoms with Gasteiger partial charge >= 0.3 is 5.97 Å². The van der Waals surface area contributed by atoms with E-state index in [1.807, 2.05) is 0 Å². The predicted molar refractivity (Wildman–Crippen MR) is 128 cm³/mol. The highest BCUT2D eigenvalue weighted by Gasteiger charge is 2.27. The number of nitrogens with one attached hydrogen (secondary N) is 3. The standard InChI is InChI=1S/C22H30ClN3O7S/c1-4-18(27)26-21(15-10-8-6-7-9-11-15)22(30)24-14-19(28)25-16(13-20(29)33-5-2)12-17(23)34(3,31)32/h6-12,15-16,21H,4-5,13-14H2,1-3H3,(H,24,30)(H,25,28)(H,26,27). The molecule has 1 rings (SSSR count). The Kier molecular flexibility index (Phi) is 12.3. The lowest BCUT2D eigenvalue weighted by Crippen LogP contribution is -2.52. The van der Waals surface area contributed by atoms with Crippen LogP contribution in [0.5, 0.6) is 0 Å². The quantitative estimate of drug-likeness (QED) is 0.326. The number of rotatable bonds is 12.